The lowest BCUT2D eigenvalue weighted by atomic mass is 10.1. The molecule has 0 aliphatic carbocycles. The number of benzene rings is 3. The van der Waals surface area contributed by atoms with Gasteiger partial charge >= 0.3 is 5.97 Å². The predicted molar refractivity (Wildman–Crippen MR) is 146 cm³/mol. The Labute approximate surface area is 237 Å². The highest BCUT2D eigenvalue weighted by Crippen LogP contribution is 2.46. The number of hydrogen-bond donors (Lipinski definition) is 0. The Bertz CT molecular complexity index is 1520. The normalized spacial score (nSPS) is 16.9. The molecule has 0 bridgehead atoms. The summed E-state index contributed by atoms with van der Waals surface area (Å²) in [7, 11) is 0. The average Bonchev–Trinajstić information content (AvgIpc) is 3.39. The molecule has 3 aromatic rings. The number of rotatable bonds is 4. The van der Waals surface area contributed by atoms with Gasteiger partial charge in [0.05, 0.1) is 42.8 Å². The third-order valence-electron chi connectivity index (χ3n) is 6.59. The van der Waals surface area contributed by atoms with E-state index in [9.17, 15) is 19.2 Å². The largest absolute Gasteiger partial charge is 0.426 e. The zero-order valence-electron chi connectivity index (χ0n) is 20.0. The summed E-state index contributed by atoms with van der Waals surface area (Å²) in [5.41, 5.74) is 2.15. The van der Waals surface area contributed by atoms with E-state index in [1.54, 1.807) is 11.8 Å². The van der Waals surface area contributed by atoms with E-state index in [0.29, 0.717) is 5.56 Å². The van der Waals surface area contributed by atoms with E-state index < -0.39 is 23.7 Å². The predicted octanol–water partition coefficient (Wildman–Crippen LogP) is 6.68. The van der Waals surface area contributed by atoms with Crippen molar-refractivity contribution in [2.75, 3.05) is 16.3 Å². The quantitative estimate of drug-likeness (QED) is 0.111. The number of halogens is 4. The number of hydrogen-bond acceptors (Lipinski definition) is 5. The highest BCUT2D eigenvalue weighted by molar-refractivity contribution is 6.56. The molecule has 5 rings (SSSR count). The number of carbonyl (C=O) groups excluding carboxylic acids is 4. The maximum Gasteiger partial charge on any atom is 0.316 e. The topological polar surface area (TPSA) is 84.0 Å². The summed E-state index contributed by atoms with van der Waals surface area (Å²) in [5, 5.41) is -0.562. The van der Waals surface area contributed by atoms with Gasteiger partial charge in [0.2, 0.25) is 5.91 Å². The van der Waals surface area contributed by atoms with Gasteiger partial charge in [-0.1, -0.05) is 64.6 Å². The minimum absolute atomic E-state index is 0.0336. The Balaban J connectivity index is 1.36. The molecule has 2 aliphatic rings. The number of imide groups is 1. The summed E-state index contributed by atoms with van der Waals surface area (Å²) in [6.45, 7) is 3.76. The van der Waals surface area contributed by atoms with E-state index in [1.165, 1.54) is 18.2 Å². The molecule has 3 amide bonds. The van der Waals surface area contributed by atoms with E-state index in [4.69, 9.17) is 51.1 Å². The zero-order chi connectivity index (χ0) is 27.5. The van der Waals surface area contributed by atoms with Gasteiger partial charge in [0, 0.05) is 18.7 Å². The second-order valence-electron chi connectivity index (χ2n) is 9.01. The standard InChI is InChI=1S/C27H18Cl4N2O5/c1-12-5-3-4-6-16(12)32-11-14(10-18(32)34)27(37)38-15-7-8-17(13(2)9-15)33-25(35)19-20(26(33)36)22(29)24(31)23(30)21(19)28/h3-9,14H,10-11H2,1-2H3/t14-/m0/s1. The number of para-hydroxylation sites is 1. The number of ether oxygens (including phenoxy) is 1. The van der Waals surface area contributed by atoms with Crippen LogP contribution in [0.15, 0.2) is 42.5 Å². The van der Waals surface area contributed by atoms with Gasteiger partial charge in [0.1, 0.15) is 5.75 Å². The van der Waals surface area contributed by atoms with Crippen LogP contribution in [0, 0.1) is 19.8 Å². The van der Waals surface area contributed by atoms with Gasteiger partial charge in [0.15, 0.2) is 0 Å². The van der Waals surface area contributed by atoms with Crippen LogP contribution in [0.25, 0.3) is 0 Å². The first-order chi connectivity index (χ1) is 18.0. The number of carbonyl (C=O) groups is 4. The van der Waals surface area contributed by atoms with Gasteiger partial charge < -0.3 is 9.64 Å². The Morgan fingerprint density at radius 1 is 0.816 bits per heavy atom. The molecule has 0 N–H and O–H groups in total. The highest BCUT2D eigenvalue weighted by Gasteiger charge is 2.43. The van der Waals surface area contributed by atoms with Gasteiger partial charge in [-0.2, -0.15) is 0 Å². The second kappa shape index (κ2) is 9.89. The molecule has 0 radical (unpaired) electrons. The molecule has 2 aliphatic heterocycles. The second-order valence-corrected chi connectivity index (χ2v) is 10.5. The molecule has 0 saturated carbocycles. The summed E-state index contributed by atoms with van der Waals surface area (Å²) in [6, 6.07) is 11.9. The lowest BCUT2D eigenvalue weighted by Crippen LogP contribution is -2.30. The molecule has 3 aromatic carbocycles. The minimum atomic E-state index is -0.705. The lowest BCUT2D eigenvalue weighted by Gasteiger charge is -2.19. The van der Waals surface area contributed by atoms with Crippen LogP contribution < -0.4 is 14.5 Å². The smallest absolute Gasteiger partial charge is 0.316 e. The van der Waals surface area contributed by atoms with Crippen LogP contribution in [0.5, 0.6) is 5.75 Å². The van der Waals surface area contributed by atoms with Crippen LogP contribution in [0.2, 0.25) is 20.1 Å². The van der Waals surface area contributed by atoms with Crippen molar-refractivity contribution in [1.29, 1.82) is 0 Å². The van der Waals surface area contributed by atoms with E-state index in [0.717, 1.165) is 16.2 Å². The van der Waals surface area contributed by atoms with Gasteiger partial charge in [-0.15, -0.1) is 0 Å². The number of anilines is 2. The molecule has 0 spiro atoms. The fraction of sp³-hybridized carbons (Fsp3) is 0.185. The van der Waals surface area contributed by atoms with Crippen LogP contribution in [0.4, 0.5) is 11.4 Å². The Morgan fingerprint density at radius 2 is 1.42 bits per heavy atom. The zero-order valence-corrected chi connectivity index (χ0v) is 23.0. The van der Waals surface area contributed by atoms with Crippen molar-refractivity contribution in [3.05, 3.63) is 84.8 Å². The number of amides is 3. The van der Waals surface area contributed by atoms with Crippen LogP contribution in [-0.4, -0.2) is 30.2 Å². The summed E-state index contributed by atoms with van der Waals surface area (Å²) >= 11 is 24.6. The number of fused-ring (bicyclic) bond motifs is 1. The molecule has 0 unspecified atom stereocenters. The van der Waals surface area contributed by atoms with Crippen molar-refractivity contribution in [3.63, 3.8) is 0 Å². The molecule has 1 atom stereocenters. The van der Waals surface area contributed by atoms with Crippen molar-refractivity contribution in [1.82, 2.24) is 0 Å². The first kappa shape index (κ1) is 26.5. The lowest BCUT2D eigenvalue weighted by molar-refractivity contribution is -0.139. The van der Waals surface area contributed by atoms with Crippen molar-refractivity contribution in [3.8, 4) is 5.75 Å². The van der Waals surface area contributed by atoms with Gasteiger partial charge in [-0.25, -0.2) is 4.90 Å². The van der Waals surface area contributed by atoms with Gasteiger partial charge in [0.25, 0.3) is 11.8 Å². The van der Waals surface area contributed by atoms with Gasteiger partial charge in [-0.05, 0) is 49.2 Å². The molecular formula is C27H18Cl4N2O5. The third kappa shape index (κ3) is 4.24. The Morgan fingerprint density at radius 3 is 2.00 bits per heavy atom. The summed E-state index contributed by atoms with van der Waals surface area (Å²) in [6.07, 6.45) is 0.0336. The molecule has 38 heavy (non-hydrogen) atoms. The first-order valence-electron chi connectivity index (χ1n) is 11.4. The van der Waals surface area contributed by atoms with E-state index in [2.05, 4.69) is 0 Å². The number of esters is 1. The molecule has 11 heteroatoms. The van der Waals surface area contributed by atoms with Crippen molar-refractivity contribution in [2.45, 2.75) is 20.3 Å². The Kier molecular flexibility index (Phi) is 6.90. The fourth-order valence-corrected chi connectivity index (χ4v) is 5.69. The van der Waals surface area contributed by atoms with Crippen LogP contribution in [-0.2, 0) is 9.59 Å². The monoisotopic (exact) mass is 590 g/mol. The molecule has 2 heterocycles. The van der Waals surface area contributed by atoms with E-state index in [1.807, 2.05) is 31.2 Å². The highest BCUT2D eigenvalue weighted by atomic mass is 35.5. The molecule has 1 saturated heterocycles. The Hall–Kier alpha value is -3.10. The van der Waals surface area contributed by atoms with E-state index in [-0.39, 0.29) is 61.5 Å². The molecular weight excluding hydrogens is 574 g/mol. The minimum Gasteiger partial charge on any atom is -0.426 e. The molecule has 1 fully saturated rings. The van der Waals surface area contributed by atoms with Crippen molar-refractivity contribution < 1.29 is 23.9 Å². The van der Waals surface area contributed by atoms with Crippen molar-refractivity contribution >= 4 is 81.5 Å². The maximum atomic E-state index is 13.2. The SMILES string of the molecule is Cc1ccccc1N1C[C@@H](C(=O)Oc2ccc(N3C(=O)c4c(Cl)c(Cl)c(Cl)c(Cl)c4C3=O)c(C)c2)CC1=O. The van der Waals surface area contributed by atoms with Crippen LogP contribution >= 0.6 is 46.4 Å². The molecule has 0 aromatic heterocycles. The molecule has 194 valence electrons. The average molecular weight is 592 g/mol. The maximum absolute atomic E-state index is 13.2. The van der Waals surface area contributed by atoms with Crippen LogP contribution in [0.3, 0.4) is 0 Å². The number of nitrogens with zero attached hydrogens (tertiary/aromatic N) is 2. The van der Waals surface area contributed by atoms with Gasteiger partial charge in [-0.3, -0.25) is 19.2 Å². The third-order valence-corrected chi connectivity index (χ3v) is 8.40. The van der Waals surface area contributed by atoms with Crippen molar-refractivity contribution in [2.24, 2.45) is 5.92 Å². The van der Waals surface area contributed by atoms with E-state index >= 15 is 0 Å². The summed E-state index contributed by atoms with van der Waals surface area (Å²) < 4.78 is 5.56. The summed E-state index contributed by atoms with van der Waals surface area (Å²) in [4.78, 5) is 54.4. The fourth-order valence-electron chi connectivity index (χ4n) is 4.67. The molecule has 7 nitrogen and oxygen atoms in total. The number of aryl methyl sites for hydroxylation is 2. The summed E-state index contributed by atoms with van der Waals surface area (Å²) in [5.74, 6) is -2.55. The first-order valence-corrected chi connectivity index (χ1v) is 13.0. The van der Waals surface area contributed by atoms with Crippen LogP contribution in [0.1, 0.15) is 38.3 Å².